The van der Waals surface area contributed by atoms with Gasteiger partial charge in [0, 0.05) is 10.3 Å². The van der Waals surface area contributed by atoms with Crippen molar-refractivity contribution < 1.29 is 0 Å². The summed E-state index contributed by atoms with van der Waals surface area (Å²) in [5, 5.41) is 8.51. The van der Waals surface area contributed by atoms with Gasteiger partial charge >= 0.3 is 0 Å². The maximum Gasteiger partial charge on any atom is 0.184 e. The van der Waals surface area contributed by atoms with Crippen LogP contribution < -0.4 is 5.32 Å². The van der Waals surface area contributed by atoms with Crippen LogP contribution in [0.2, 0.25) is 5.15 Å². The molecule has 0 amide bonds. The van der Waals surface area contributed by atoms with E-state index in [2.05, 4.69) is 21.7 Å². The molecule has 0 fully saturated rings. The van der Waals surface area contributed by atoms with Gasteiger partial charge in [0.1, 0.15) is 5.15 Å². The molecule has 0 bridgehead atoms. The van der Waals surface area contributed by atoms with Crippen molar-refractivity contribution in [2.24, 2.45) is 0 Å². The van der Waals surface area contributed by atoms with Crippen LogP contribution in [0.1, 0.15) is 4.88 Å². The molecular formula is C8H7ClN2S2. The minimum atomic E-state index is 0.554. The summed E-state index contributed by atoms with van der Waals surface area (Å²) in [7, 11) is 0. The smallest absolute Gasteiger partial charge is 0.184 e. The predicted octanol–water partition coefficient (Wildman–Crippen LogP) is 3.47. The lowest BCUT2D eigenvalue weighted by Crippen LogP contribution is -1.95. The summed E-state index contributed by atoms with van der Waals surface area (Å²) in [6.45, 7) is 0.821. The molecule has 5 heteroatoms. The van der Waals surface area contributed by atoms with E-state index in [1.54, 1.807) is 11.3 Å². The molecule has 0 aromatic carbocycles. The van der Waals surface area contributed by atoms with Crippen LogP contribution in [0, 0.1) is 0 Å². The zero-order valence-electron chi connectivity index (χ0n) is 6.66. The van der Waals surface area contributed by atoms with E-state index in [9.17, 15) is 0 Å². The second kappa shape index (κ2) is 4.09. The number of nitrogens with one attached hydrogen (secondary N) is 1. The summed E-state index contributed by atoms with van der Waals surface area (Å²) >= 11 is 8.94. The highest BCUT2D eigenvalue weighted by atomic mass is 35.5. The minimum absolute atomic E-state index is 0.554. The number of thiophene rings is 1. The lowest BCUT2D eigenvalue weighted by atomic mass is 10.5. The average molecular weight is 231 g/mol. The van der Waals surface area contributed by atoms with Crippen molar-refractivity contribution >= 4 is 39.4 Å². The molecule has 0 saturated heterocycles. The van der Waals surface area contributed by atoms with Crippen LogP contribution >= 0.6 is 34.3 Å². The average Bonchev–Trinajstić information content (AvgIpc) is 2.71. The lowest BCUT2D eigenvalue weighted by Gasteiger charge is -1.97. The molecule has 2 nitrogen and oxygen atoms in total. The third-order valence-corrected chi connectivity index (χ3v) is 3.47. The number of thiazole rings is 1. The third-order valence-electron chi connectivity index (χ3n) is 1.47. The van der Waals surface area contributed by atoms with E-state index in [1.807, 2.05) is 11.4 Å². The van der Waals surface area contributed by atoms with Gasteiger partial charge in [-0.15, -0.1) is 22.7 Å². The van der Waals surface area contributed by atoms with Gasteiger partial charge in [0.15, 0.2) is 5.13 Å². The third kappa shape index (κ3) is 2.43. The SMILES string of the molecule is Clc1csc(NCc2cccs2)n1. The molecule has 0 spiro atoms. The van der Waals surface area contributed by atoms with Gasteiger partial charge in [0.05, 0.1) is 6.54 Å². The van der Waals surface area contributed by atoms with Crippen LogP contribution in [0.5, 0.6) is 0 Å². The molecule has 68 valence electrons. The molecule has 2 aromatic rings. The highest BCUT2D eigenvalue weighted by Crippen LogP contribution is 2.20. The molecule has 0 aliphatic heterocycles. The number of aromatic nitrogens is 1. The van der Waals surface area contributed by atoms with Crippen LogP contribution in [-0.4, -0.2) is 4.98 Å². The monoisotopic (exact) mass is 230 g/mol. The first-order chi connectivity index (χ1) is 6.34. The first kappa shape index (κ1) is 8.99. The second-order valence-corrected chi connectivity index (χ2v) is 4.69. The molecule has 0 unspecified atom stereocenters. The number of anilines is 1. The lowest BCUT2D eigenvalue weighted by molar-refractivity contribution is 1.17. The fourth-order valence-corrected chi connectivity index (χ4v) is 2.39. The van der Waals surface area contributed by atoms with Crippen molar-refractivity contribution in [2.75, 3.05) is 5.32 Å². The fourth-order valence-electron chi connectivity index (χ4n) is 0.911. The normalized spacial score (nSPS) is 10.2. The Hall–Kier alpha value is -0.580. The molecule has 0 saturated carbocycles. The molecule has 0 atom stereocenters. The predicted molar refractivity (Wildman–Crippen MR) is 58.8 cm³/mol. The highest BCUT2D eigenvalue weighted by Gasteiger charge is 1.98. The molecule has 0 aliphatic carbocycles. The molecule has 2 heterocycles. The van der Waals surface area contributed by atoms with E-state index >= 15 is 0 Å². The van der Waals surface area contributed by atoms with E-state index in [1.165, 1.54) is 16.2 Å². The molecule has 2 rings (SSSR count). The van der Waals surface area contributed by atoms with Gasteiger partial charge in [0.25, 0.3) is 0 Å². The van der Waals surface area contributed by atoms with E-state index in [-0.39, 0.29) is 0 Å². The summed E-state index contributed by atoms with van der Waals surface area (Å²) in [6, 6.07) is 4.13. The standard InChI is InChI=1S/C8H7ClN2S2/c9-7-5-13-8(11-7)10-4-6-2-1-3-12-6/h1-3,5H,4H2,(H,10,11). The van der Waals surface area contributed by atoms with Crippen molar-refractivity contribution in [1.29, 1.82) is 0 Å². The number of rotatable bonds is 3. The molecule has 2 aromatic heterocycles. The van der Waals surface area contributed by atoms with E-state index in [4.69, 9.17) is 11.6 Å². The summed E-state index contributed by atoms with van der Waals surface area (Å²) < 4.78 is 0. The van der Waals surface area contributed by atoms with Crippen LogP contribution in [0.15, 0.2) is 22.9 Å². The van der Waals surface area contributed by atoms with Gasteiger partial charge in [-0.3, -0.25) is 0 Å². The molecule has 13 heavy (non-hydrogen) atoms. The van der Waals surface area contributed by atoms with Crippen LogP contribution in [0.4, 0.5) is 5.13 Å². The number of hydrogen-bond donors (Lipinski definition) is 1. The second-order valence-electron chi connectivity index (χ2n) is 2.41. The Morgan fingerprint density at radius 3 is 3.00 bits per heavy atom. The van der Waals surface area contributed by atoms with E-state index in [0.717, 1.165) is 11.7 Å². The van der Waals surface area contributed by atoms with Crippen molar-refractivity contribution in [3.63, 3.8) is 0 Å². The minimum Gasteiger partial charge on any atom is -0.357 e. The molecule has 0 aliphatic rings. The van der Waals surface area contributed by atoms with Gasteiger partial charge in [-0.05, 0) is 11.4 Å². The Bertz CT molecular complexity index is 369. The molecular weight excluding hydrogens is 224 g/mol. The van der Waals surface area contributed by atoms with Crippen LogP contribution in [-0.2, 0) is 6.54 Å². The van der Waals surface area contributed by atoms with Gasteiger partial charge in [0.2, 0.25) is 0 Å². The van der Waals surface area contributed by atoms with Gasteiger partial charge in [-0.25, -0.2) is 4.98 Å². The van der Waals surface area contributed by atoms with Crippen LogP contribution in [0.3, 0.4) is 0 Å². The van der Waals surface area contributed by atoms with Crippen LogP contribution in [0.25, 0.3) is 0 Å². The van der Waals surface area contributed by atoms with Crippen molar-refractivity contribution in [3.05, 3.63) is 32.9 Å². The number of nitrogens with zero attached hydrogens (tertiary/aromatic N) is 1. The quantitative estimate of drug-likeness (QED) is 0.874. The van der Waals surface area contributed by atoms with E-state index < -0.39 is 0 Å². The topological polar surface area (TPSA) is 24.9 Å². The number of hydrogen-bond acceptors (Lipinski definition) is 4. The van der Waals surface area contributed by atoms with Crippen molar-refractivity contribution in [1.82, 2.24) is 4.98 Å². The summed E-state index contributed by atoms with van der Waals surface area (Å²) in [6.07, 6.45) is 0. The first-order valence-electron chi connectivity index (χ1n) is 3.72. The molecule has 0 radical (unpaired) electrons. The Morgan fingerprint density at radius 2 is 2.38 bits per heavy atom. The Labute approximate surface area is 89.2 Å². The number of halogens is 1. The Morgan fingerprint density at radius 1 is 1.46 bits per heavy atom. The highest BCUT2D eigenvalue weighted by molar-refractivity contribution is 7.14. The maximum absolute atomic E-state index is 5.68. The fraction of sp³-hybridized carbons (Fsp3) is 0.125. The van der Waals surface area contributed by atoms with E-state index in [0.29, 0.717) is 5.15 Å². The zero-order valence-corrected chi connectivity index (χ0v) is 9.05. The van der Waals surface area contributed by atoms with Gasteiger partial charge in [-0.1, -0.05) is 17.7 Å². The maximum atomic E-state index is 5.68. The summed E-state index contributed by atoms with van der Waals surface area (Å²) in [5.74, 6) is 0. The first-order valence-corrected chi connectivity index (χ1v) is 5.85. The van der Waals surface area contributed by atoms with Crippen molar-refractivity contribution in [3.8, 4) is 0 Å². The Kier molecular flexibility index (Phi) is 2.83. The van der Waals surface area contributed by atoms with Gasteiger partial charge < -0.3 is 5.32 Å². The summed E-state index contributed by atoms with van der Waals surface area (Å²) in [4.78, 5) is 5.39. The molecule has 1 N–H and O–H groups in total. The summed E-state index contributed by atoms with van der Waals surface area (Å²) in [5.41, 5.74) is 0. The zero-order chi connectivity index (χ0) is 9.10. The van der Waals surface area contributed by atoms with Gasteiger partial charge in [-0.2, -0.15) is 0 Å². The Balaban J connectivity index is 1.93. The van der Waals surface area contributed by atoms with Crippen molar-refractivity contribution in [2.45, 2.75) is 6.54 Å². The largest absolute Gasteiger partial charge is 0.357 e.